The Labute approximate surface area is 174 Å². The molecule has 0 aliphatic carbocycles. The van der Waals surface area contributed by atoms with Crippen molar-refractivity contribution < 1.29 is 0 Å². The molecule has 0 aromatic heterocycles. The summed E-state index contributed by atoms with van der Waals surface area (Å²) in [6, 6.07) is 32.8. The second-order valence-corrected chi connectivity index (χ2v) is 7.53. The molecule has 4 aromatic carbocycles. The molecule has 0 fully saturated rings. The average molecular weight is 375 g/mol. The minimum atomic E-state index is 1.24. The predicted molar refractivity (Wildman–Crippen MR) is 127 cm³/mol. The maximum Gasteiger partial charge on any atom is -0.0103 e. The van der Waals surface area contributed by atoms with E-state index in [1.165, 1.54) is 50.1 Å². The van der Waals surface area contributed by atoms with E-state index in [-0.39, 0.29) is 0 Å². The highest BCUT2D eigenvalue weighted by Gasteiger charge is 2.11. The van der Waals surface area contributed by atoms with E-state index in [0.717, 1.165) is 0 Å². The molecule has 142 valence electrons. The van der Waals surface area contributed by atoms with E-state index in [1.54, 1.807) is 0 Å². The maximum atomic E-state index is 2.24. The Balaban J connectivity index is 1.80. The summed E-state index contributed by atoms with van der Waals surface area (Å²) >= 11 is 0. The van der Waals surface area contributed by atoms with Crippen molar-refractivity contribution >= 4 is 6.08 Å². The van der Waals surface area contributed by atoms with Gasteiger partial charge in [0.15, 0.2) is 0 Å². The van der Waals surface area contributed by atoms with Crippen LogP contribution in [0.25, 0.3) is 39.5 Å². The molecule has 4 aromatic rings. The first-order valence-electron chi connectivity index (χ1n) is 10.2. The molecule has 0 heteroatoms. The molecule has 0 heterocycles. The molecule has 0 unspecified atom stereocenters. The molecule has 0 aliphatic heterocycles. The van der Waals surface area contributed by atoms with Crippen LogP contribution in [0.1, 0.15) is 23.6 Å². The third-order valence-electron chi connectivity index (χ3n) is 5.46. The Morgan fingerprint density at radius 3 is 1.72 bits per heavy atom. The summed E-state index contributed by atoms with van der Waals surface area (Å²) in [5.74, 6) is 0. The van der Waals surface area contributed by atoms with E-state index < -0.39 is 0 Å². The summed E-state index contributed by atoms with van der Waals surface area (Å²) in [5, 5.41) is 0. The Morgan fingerprint density at radius 2 is 1.07 bits per heavy atom. The molecule has 0 saturated carbocycles. The molecule has 0 bridgehead atoms. The number of aryl methyl sites for hydroxylation is 2. The summed E-state index contributed by atoms with van der Waals surface area (Å²) in [6.45, 7) is 6.38. The second kappa shape index (κ2) is 8.32. The van der Waals surface area contributed by atoms with Gasteiger partial charge in [-0.15, -0.1) is 0 Å². The fourth-order valence-corrected chi connectivity index (χ4v) is 3.86. The first-order valence-corrected chi connectivity index (χ1v) is 10.2. The molecule has 0 N–H and O–H groups in total. The zero-order chi connectivity index (χ0) is 20.2. The first-order chi connectivity index (χ1) is 14.2. The monoisotopic (exact) mass is 374 g/mol. The van der Waals surface area contributed by atoms with Crippen molar-refractivity contribution in [3.05, 3.63) is 114 Å². The lowest BCUT2D eigenvalue weighted by Crippen LogP contribution is -1.91. The van der Waals surface area contributed by atoms with Gasteiger partial charge in [-0.1, -0.05) is 109 Å². The molecule has 0 atom stereocenters. The van der Waals surface area contributed by atoms with Crippen molar-refractivity contribution in [1.29, 1.82) is 0 Å². The molecule has 0 nitrogen and oxygen atoms in total. The molecule has 0 amide bonds. The van der Waals surface area contributed by atoms with Crippen LogP contribution in [0.2, 0.25) is 0 Å². The summed E-state index contributed by atoms with van der Waals surface area (Å²) in [4.78, 5) is 0. The highest BCUT2D eigenvalue weighted by atomic mass is 14.1. The van der Waals surface area contributed by atoms with Gasteiger partial charge in [-0.25, -0.2) is 0 Å². The van der Waals surface area contributed by atoms with Crippen molar-refractivity contribution in [1.82, 2.24) is 0 Å². The van der Waals surface area contributed by atoms with Crippen LogP contribution in [0.15, 0.2) is 97.1 Å². The summed E-state index contributed by atoms with van der Waals surface area (Å²) in [6.07, 6.45) is 4.35. The normalized spacial score (nSPS) is 11.1. The highest BCUT2D eigenvalue weighted by molar-refractivity contribution is 5.87. The van der Waals surface area contributed by atoms with Crippen LogP contribution in [0.5, 0.6) is 0 Å². The molecule has 4 rings (SSSR count). The van der Waals surface area contributed by atoms with Crippen LogP contribution in [-0.2, 0) is 0 Å². The topological polar surface area (TPSA) is 0 Å². The van der Waals surface area contributed by atoms with E-state index in [9.17, 15) is 0 Å². The summed E-state index contributed by atoms with van der Waals surface area (Å²) < 4.78 is 0. The summed E-state index contributed by atoms with van der Waals surface area (Å²) in [7, 11) is 0. The lowest BCUT2D eigenvalue weighted by atomic mass is 9.89. The van der Waals surface area contributed by atoms with E-state index in [4.69, 9.17) is 0 Å². The Kier molecular flexibility index (Phi) is 5.44. The van der Waals surface area contributed by atoms with E-state index in [2.05, 4.69) is 124 Å². The number of benzene rings is 4. The first kappa shape index (κ1) is 19.0. The van der Waals surface area contributed by atoms with E-state index in [0.29, 0.717) is 0 Å². The molecular formula is C29H26. The number of allylic oxidation sites excluding steroid dienone is 1. The average Bonchev–Trinajstić information content (AvgIpc) is 2.75. The van der Waals surface area contributed by atoms with Gasteiger partial charge >= 0.3 is 0 Å². The van der Waals surface area contributed by atoms with Gasteiger partial charge in [-0.3, -0.25) is 0 Å². The second-order valence-electron chi connectivity index (χ2n) is 7.53. The fraction of sp³-hybridized carbons (Fsp3) is 0.103. The van der Waals surface area contributed by atoms with Crippen molar-refractivity contribution in [3.63, 3.8) is 0 Å². The minimum Gasteiger partial charge on any atom is -0.0870 e. The fourth-order valence-electron chi connectivity index (χ4n) is 3.86. The third-order valence-corrected chi connectivity index (χ3v) is 5.46. The number of rotatable bonds is 4. The van der Waals surface area contributed by atoms with Gasteiger partial charge in [0.1, 0.15) is 0 Å². The molecule has 0 aliphatic rings. The quantitative estimate of drug-likeness (QED) is 0.337. The van der Waals surface area contributed by atoms with E-state index >= 15 is 0 Å². The number of hydrogen-bond acceptors (Lipinski definition) is 0. The molecular weight excluding hydrogens is 348 g/mol. The van der Waals surface area contributed by atoms with E-state index in [1.807, 2.05) is 0 Å². The van der Waals surface area contributed by atoms with Crippen molar-refractivity contribution in [2.24, 2.45) is 0 Å². The maximum absolute atomic E-state index is 2.24. The lowest BCUT2D eigenvalue weighted by molar-refractivity contribution is 1.45. The highest BCUT2D eigenvalue weighted by Crippen LogP contribution is 2.35. The smallest absolute Gasteiger partial charge is 0.0103 e. The molecule has 0 saturated heterocycles. The number of hydrogen-bond donors (Lipinski definition) is 0. The lowest BCUT2D eigenvalue weighted by Gasteiger charge is -2.15. The van der Waals surface area contributed by atoms with Gasteiger partial charge in [0, 0.05) is 0 Å². The molecule has 0 spiro atoms. The van der Waals surface area contributed by atoms with Gasteiger partial charge in [0.05, 0.1) is 0 Å². The summed E-state index contributed by atoms with van der Waals surface area (Å²) in [5.41, 5.74) is 11.4. The van der Waals surface area contributed by atoms with Crippen LogP contribution < -0.4 is 0 Å². The van der Waals surface area contributed by atoms with Gasteiger partial charge in [-0.2, -0.15) is 0 Å². The van der Waals surface area contributed by atoms with Crippen LogP contribution in [0, 0.1) is 13.8 Å². The third kappa shape index (κ3) is 3.93. The van der Waals surface area contributed by atoms with Crippen LogP contribution in [0.3, 0.4) is 0 Å². The van der Waals surface area contributed by atoms with Crippen LogP contribution in [-0.4, -0.2) is 0 Å². The van der Waals surface area contributed by atoms with Gasteiger partial charge in [-0.05, 0) is 65.3 Å². The Bertz CT molecular complexity index is 1140. The van der Waals surface area contributed by atoms with Crippen LogP contribution >= 0.6 is 0 Å². The van der Waals surface area contributed by atoms with Crippen molar-refractivity contribution in [2.75, 3.05) is 0 Å². The Hall–Kier alpha value is -3.38. The van der Waals surface area contributed by atoms with Gasteiger partial charge in [0.25, 0.3) is 0 Å². The van der Waals surface area contributed by atoms with Gasteiger partial charge < -0.3 is 0 Å². The molecule has 29 heavy (non-hydrogen) atoms. The Morgan fingerprint density at radius 1 is 0.517 bits per heavy atom. The zero-order valence-corrected chi connectivity index (χ0v) is 17.3. The predicted octanol–water partition coefficient (Wildman–Crippen LogP) is 8.34. The van der Waals surface area contributed by atoms with Crippen molar-refractivity contribution in [2.45, 2.75) is 20.8 Å². The zero-order valence-electron chi connectivity index (χ0n) is 17.3. The SMILES string of the molecule is C/C=C/c1c(-c2ccc(-c3ccc(C)cc3)cc2)cccc1-c1ccccc1C. The minimum absolute atomic E-state index is 1.24. The van der Waals surface area contributed by atoms with Gasteiger partial charge in [0.2, 0.25) is 0 Å². The van der Waals surface area contributed by atoms with Crippen molar-refractivity contribution in [3.8, 4) is 33.4 Å². The largest absolute Gasteiger partial charge is 0.0870 e. The van der Waals surface area contributed by atoms with Crippen LogP contribution in [0.4, 0.5) is 0 Å². The molecule has 0 radical (unpaired) electrons. The standard InChI is InChI=1S/C29H26/c1-4-8-28-27(11-7-12-29(28)26-10-6-5-9-22(26)3)25-19-17-24(18-20-25)23-15-13-21(2)14-16-23/h4-20H,1-3H3/b8-4+.